The molecule has 0 amide bonds. The number of esters is 1. The summed E-state index contributed by atoms with van der Waals surface area (Å²) in [5, 5.41) is 0. The topological polar surface area (TPSA) is 80.7 Å². The molecule has 0 atom stereocenters. The van der Waals surface area contributed by atoms with E-state index in [9.17, 15) is 13.2 Å². The molecule has 21 heavy (non-hydrogen) atoms. The smallest absolute Gasteiger partial charge is 0.306 e. The molecule has 126 valence electrons. The van der Waals surface area contributed by atoms with Crippen molar-refractivity contribution in [1.29, 1.82) is 0 Å². The van der Waals surface area contributed by atoms with E-state index in [1.165, 1.54) is 44.9 Å². The van der Waals surface area contributed by atoms with Gasteiger partial charge in [-0.3, -0.25) is 9.35 Å². The lowest BCUT2D eigenvalue weighted by atomic mass is 10.1. The minimum Gasteiger partial charge on any atom is -0.466 e. The second kappa shape index (κ2) is 13.1. The van der Waals surface area contributed by atoms with E-state index >= 15 is 0 Å². The summed E-state index contributed by atoms with van der Waals surface area (Å²) in [6, 6.07) is 0. The van der Waals surface area contributed by atoms with Gasteiger partial charge in [0.1, 0.15) is 0 Å². The van der Waals surface area contributed by atoms with Crippen molar-refractivity contribution in [3.8, 4) is 0 Å². The molecule has 0 unspecified atom stereocenters. The summed E-state index contributed by atoms with van der Waals surface area (Å²) in [5.41, 5.74) is 0. The minimum absolute atomic E-state index is 0.281. The molecule has 0 aliphatic heterocycles. The highest BCUT2D eigenvalue weighted by Crippen LogP contribution is 2.10. The fourth-order valence-electron chi connectivity index (χ4n) is 2.06. The van der Waals surface area contributed by atoms with Crippen LogP contribution in [0.1, 0.15) is 77.6 Å². The van der Waals surface area contributed by atoms with E-state index in [0.717, 1.165) is 19.3 Å². The summed E-state index contributed by atoms with van der Waals surface area (Å²) in [6.07, 6.45) is 11.8. The third-order valence-electron chi connectivity index (χ3n) is 3.33. The van der Waals surface area contributed by atoms with E-state index in [-0.39, 0.29) is 6.42 Å². The molecule has 5 nitrogen and oxygen atoms in total. The average molecular weight is 322 g/mol. The number of hydrogen-bond acceptors (Lipinski definition) is 4. The average Bonchev–Trinajstić information content (AvgIpc) is 2.42. The van der Waals surface area contributed by atoms with Gasteiger partial charge >= 0.3 is 5.97 Å². The number of rotatable bonds is 14. The molecule has 0 saturated heterocycles. The zero-order chi connectivity index (χ0) is 16.0. The summed E-state index contributed by atoms with van der Waals surface area (Å²) in [6.45, 7) is 2.55. The maximum Gasteiger partial charge on any atom is 0.306 e. The first kappa shape index (κ1) is 20.4. The van der Waals surface area contributed by atoms with Gasteiger partial charge < -0.3 is 4.74 Å². The Labute approximate surface area is 129 Å². The van der Waals surface area contributed by atoms with Crippen LogP contribution in [-0.4, -0.2) is 31.3 Å². The van der Waals surface area contributed by atoms with E-state index in [2.05, 4.69) is 6.92 Å². The Morgan fingerprint density at radius 1 is 0.905 bits per heavy atom. The van der Waals surface area contributed by atoms with Crippen molar-refractivity contribution in [1.82, 2.24) is 0 Å². The van der Waals surface area contributed by atoms with Crippen LogP contribution >= 0.6 is 0 Å². The van der Waals surface area contributed by atoms with Gasteiger partial charge in [0.05, 0.1) is 18.8 Å². The molecule has 0 rings (SSSR count). The third kappa shape index (κ3) is 17.3. The van der Waals surface area contributed by atoms with Crippen molar-refractivity contribution in [3.63, 3.8) is 0 Å². The van der Waals surface area contributed by atoms with Crippen molar-refractivity contribution in [2.45, 2.75) is 77.6 Å². The first-order valence-electron chi connectivity index (χ1n) is 8.06. The molecule has 0 saturated carbocycles. The van der Waals surface area contributed by atoms with E-state index in [1.54, 1.807) is 0 Å². The molecule has 0 aromatic heterocycles. The van der Waals surface area contributed by atoms with Crippen molar-refractivity contribution in [2.75, 3.05) is 12.4 Å². The Balaban J connectivity index is 3.23. The van der Waals surface area contributed by atoms with E-state index < -0.39 is 21.8 Å². The highest BCUT2D eigenvalue weighted by Gasteiger charge is 2.10. The second-order valence-electron chi connectivity index (χ2n) is 5.44. The molecule has 0 aromatic rings. The number of carbonyl (C=O) groups is 1. The molecule has 1 N–H and O–H groups in total. The number of hydrogen-bond donors (Lipinski definition) is 1. The van der Waals surface area contributed by atoms with Crippen LogP contribution in [0.25, 0.3) is 0 Å². The first-order valence-corrected chi connectivity index (χ1v) is 9.67. The van der Waals surface area contributed by atoms with Crippen LogP contribution in [0.2, 0.25) is 0 Å². The van der Waals surface area contributed by atoms with Gasteiger partial charge in [0.15, 0.2) is 0 Å². The molecule has 0 aromatic carbocycles. The zero-order valence-corrected chi connectivity index (χ0v) is 14.0. The molecular weight excluding hydrogens is 292 g/mol. The Kier molecular flexibility index (Phi) is 12.7. The van der Waals surface area contributed by atoms with Gasteiger partial charge in [-0.25, -0.2) is 0 Å². The zero-order valence-electron chi connectivity index (χ0n) is 13.2. The van der Waals surface area contributed by atoms with Crippen molar-refractivity contribution in [3.05, 3.63) is 0 Å². The molecule has 0 fully saturated rings. The van der Waals surface area contributed by atoms with Crippen LogP contribution < -0.4 is 0 Å². The monoisotopic (exact) mass is 322 g/mol. The lowest BCUT2D eigenvalue weighted by molar-refractivity contribution is -0.143. The van der Waals surface area contributed by atoms with Gasteiger partial charge in [-0.15, -0.1) is 0 Å². The summed E-state index contributed by atoms with van der Waals surface area (Å²) >= 11 is 0. The molecule has 0 aliphatic carbocycles. The highest BCUT2D eigenvalue weighted by atomic mass is 32.2. The molecule has 0 bridgehead atoms. The van der Waals surface area contributed by atoms with Crippen LogP contribution in [-0.2, 0) is 19.6 Å². The molecule has 0 radical (unpaired) electrons. The summed E-state index contributed by atoms with van der Waals surface area (Å²) in [4.78, 5) is 11.2. The van der Waals surface area contributed by atoms with Crippen LogP contribution in [0.15, 0.2) is 0 Å². The summed E-state index contributed by atoms with van der Waals surface area (Å²) in [7, 11) is -4.07. The lowest BCUT2D eigenvalue weighted by Gasteiger charge is -2.04. The molecule has 0 aliphatic rings. The van der Waals surface area contributed by atoms with Gasteiger partial charge in [0.25, 0.3) is 10.1 Å². The van der Waals surface area contributed by atoms with Gasteiger partial charge in [0.2, 0.25) is 0 Å². The summed E-state index contributed by atoms with van der Waals surface area (Å²) < 4.78 is 34.3. The Morgan fingerprint density at radius 3 is 1.86 bits per heavy atom. The van der Waals surface area contributed by atoms with Gasteiger partial charge in [-0.1, -0.05) is 64.7 Å². The number of ether oxygens (including phenoxy) is 1. The lowest BCUT2D eigenvalue weighted by Crippen LogP contribution is -2.12. The van der Waals surface area contributed by atoms with E-state index in [1.807, 2.05) is 0 Å². The second-order valence-corrected chi connectivity index (χ2v) is 7.01. The maximum absolute atomic E-state index is 11.2. The molecule has 0 spiro atoms. The summed E-state index contributed by atoms with van der Waals surface area (Å²) in [5.74, 6) is -1.13. The molecular formula is C15H30O5S. The van der Waals surface area contributed by atoms with Gasteiger partial charge in [0, 0.05) is 0 Å². The molecule has 6 heteroatoms. The van der Waals surface area contributed by atoms with Crippen molar-refractivity contribution in [2.24, 2.45) is 0 Å². The Bertz CT molecular complexity index is 351. The highest BCUT2D eigenvalue weighted by molar-refractivity contribution is 7.85. The van der Waals surface area contributed by atoms with Crippen molar-refractivity contribution >= 4 is 16.1 Å². The number of carbonyl (C=O) groups excluding carboxylic acids is 1. The predicted molar refractivity (Wildman–Crippen MR) is 83.8 cm³/mol. The maximum atomic E-state index is 11.2. The Hall–Kier alpha value is -0.620. The van der Waals surface area contributed by atoms with Crippen LogP contribution in [0.5, 0.6) is 0 Å². The van der Waals surface area contributed by atoms with Crippen LogP contribution in [0.4, 0.5) is 0 Å². The van der Waals surface area contributed by atoms with Crippen molar-refractivity contribution < 1.29 is 22.5 Å². The molecule has 0 heterocycles. The fraction of sp³-hybridized carbons (Fsp3) is 0.933. The third-order valence-corrected chi connectivity index (χ3v) is 4.05. The standard InChI is InChI=1S/C15H30O5S/c1-2-3-4-5-6-7-8-9-10-11-13-20-15(16)12-14-21(17,18)19/h2-14H2,1H3,(H,17,18,19). The van der Waals surface area contributed by atoms with Gasteiger partial charge in [-0.05, 0) is 6.42 Å². The minimum atomic E-state index is -4.07. The predicted octanol–water partition coefficient (Wildman–Crippen LogP) is 3.73. The quantitative estimate of drug-likeness (QED) is 0.299. The number of unbranched alkanes of at least 4 members (excludes halogenated alkanes) is 9. The van der Waals surface area contributed by atoms with E-state index in [4.69, 9.17) is 9.29 Å². The van der Waals surface area contributed by atoms with Crippen LogP contribution in [0, 0.1) is 0 Å². The Morgan fingerprint density at radius 2 is 1.38 bits per heavy atom. The first-order chi connectivity index (χ1) is 9.95. The van der Waals surface area contributed by atoms with Gasteiger partial charge in [-0.2, -0.15) is 8.42 Å². The largest absolute Gasteiger partial charge is 0.466 e. The SMILES string of the molecule is CCCCCCCCCCCCOC(=O)CCS(=O)(=O)O. The normalized spacial score (nSPS) is 11.5. The van der Waals surface area contributed by atoms with E-state index in [0.29, 0.717) is 6.61 Å². The fourth-order valence-corrected chi connectivity index (χ4v) is 2.48. The van der Waals surface area contributed by atoms with Crippen LogP contribution in [0.3, 0.4) is 0 Å².